The standard InChI is InChI=1S/C13H17FN2O4/c1-13(2,3)7-15-11-9(14)5-8(12(17)20-4)6-10(11)16(18)19/h5-6,15H,7H2,1-4H3. The number of hydrogen-bond donors (Lipinski definition) is 1. The lowest BCUT2D eigenvalue weighted by atomic mass is 9.97. The lowest BCUT2D eigenvalue weighted by molar-refractivity contribution is -0.384. The maximum Gasteiger partial charge on any atom is 0.338 e. The summed E-state index contributed by atoms with van der Waals surface area (Å²) >= 11 is 0. The van der Waals surface area contributed by atoms with Gasteiger partial charge in [0, 0.05) is 12.6 Å². The van der Waals surface area contributed by atoms with Crippen LogP contribution in [0.2, 0.25) is 0 Å². The van der Waals surface area contributed by atoms with Crippen LogP contribution in [0.25, 0.3) is 0 Å². The van der Waals surface area contributed by atoms with Gasteiger partial charge in [-0.1, -0.05) is 20.8 Å². The van der Waals surface area contributed by atoms with Gasteiger partial charge in [-0.3, -0.25) is 10.1 Å². The van der Waals surface area contributed by atoms with Crippen LogP contribution in [0.15, 0.2) is 12.1 Å². The highest BCUT2D eigenvalue weighted by atomic mass is 19.1. The number of nitro benzene ring substituents is 1. The van der Waals surface area contributed by atoms with Gasteiger partial charge in [0.15, 0.2) is 5.82 Å². The predicted octanol–water partition coefficient (Wildman–Crippen LogP) is 2.98. The smallest absolute Gasteiger partial charge is 0.338 e. The van der Waals surface area contributed by atoms with E-state index in [9.17, 15) is 19.3 Å². The van der Waals surface area contributed by atoms with Crippen molar-refractivity contribution < 1.29 is 18.8 Å². The number of nitro groups is 1. The number of carbonyl (C=O) groups is 1. The Hall–Kier alpha value is -2.18. The molecule has 0 atom stereocenters. The number of nitrogens with zero attached hydrogens (tertiary/aromatic N) is 1. The molecule has 20 heavy (non-hydrogen) atoms. The van der Waals surface area contributed by atoms with Gasteiger partial charge in [0.2, 0.25) is 0 Å². The van der Waals surface area contributed by atoms with Crippen molar-refractivity contribution in [1.82, 2.24) is 0 Å². The predicted molar refractivity (Wildman–Crippen MR) is 72.3 cm³/mol. The van der Waals surface area contributed by atoms with Gasteiger partial charge < -0.3 is 10.1 Å². The van der Waals surface area contributed by atoms with E-state index in [1.165, 1.54) is 0 Å². The highest BCUT2D eigenvalue weighted by Crippen LogP contribution is 2.30. The molecule has 0 aliphatic heterocycles. The molecule has 0 radical (unpaired) electrons. The molecule has 110 valence electrons. The molecule has 7 heteroatoms. The molecule has 0 aliphatic carbocycles. The molecule has 0 heterocycles. The van der Waals surface area contributed by atoms with Gasteiger partial charge in [0.25, 0.3) is 5.69 Å². The Kier molecular flexibility index (Phi) is 4.65. The third kappa shape index (κ3) is 3.91. The van der Waals surface area contributed by atoms with E-state index in [0.29, 0.717) is 6.54 Å². The zero-order valence-corrected chi connectivity index (χ0v) is 11.8. The lowest BCUT2D eigenvalue weighted by Crippen LogP contribution is -2.20. The number of anilines is 1. The largest absolute Gasteiger partial charge is 0.465 e. The summed E-state index contributed by atoms with van der Waals surface area (Å²) in [6, 6.07) is 1.92. The Labute approximate surface area is 116 Å². The molecule has 6 nitrogen and oxygen atoms in total. The highest BCUT2D eigenvalue weighted by Gasteiger charge is 2.24. The molecule has 0 unspecified atom stereocenters. The number of halogens is 1. The second kappa shape index (κ2) is 5.85. The first-order chi connectivity index (χ1) is 9.15. The molecule has 0 fully saturated rings. The number of rotatable bonds is 4. The topological polar surface area (TPSA) is 81.5 Å². The van der Waals surface area contributed by atoms with Gasteiger partial charge in [0.05, 0.1) is 17.6 Å². The van der Waals surface area contributed by atoms with Gasteiger partial charge in [-0.2, -0.15) is 0 Å². The van der Waals surface area contributed by atoms with E-state index in [4.69, 9.17) is 0 Å². The van der Waals surface area contributed by atoms with Crippen molar-refractivity contribution in [1.29, 1.82) is 0 Å². The number of hydrogen-bond acceptors (Lipinski definition) is 5. The summed E-state index contributed by atoms with van der Waals surface area (Å²) in [5.41, 5.74) is -1.09. The monoisotopic (exact) mass is 284 g/mol. The minimum absolute atomic E-state index is 0.179. The number of nitrogens with one attached hydrogen (secondary N) is 1. The Morgan fingerprint density at radius 2 is 2.05 bits per heavy atom. The number of benzene rings is 1. The van der Waals surface area contributed by atoms with Gasteiger partial charge in [0.1, 0.15) is 5.69 Å². The van der Waals surface area contributed by atoms with Gasteiger partial charge in [-0.05, 0) is 11.5 Å². The van der Waals surface area contributed by atoms with Gasteiger partial charge in [-0.25, -0.2) is 9.18 Å². The molecule has 0 aromatic heterocycles. The molecular weight excluding hydrogens is 267 g/mol. The molecule has 0 saturated carbocycles. The van der Waals surface area contributed by atoms with Crippen LogP contribution in [0.5, 0.6) is 0 Å². The average molecular weight is 284 g/mol. The van der Waals surface area contributed by atoms with Crippen LogP contribution in [0.1, 0.15) is 31.1 Å². The zero-order valence-electron chi connectivity index (χ0n) is 11.8. The average Bonchev–Trinajstić information content (AvgIpc) is 2.34. The first-order valence-corrected chi connectivity index (χ1v) is 5.96. The molecule has 0 saturated heterocycles. The van der Waals surface area contributed by atoms with Crippen molar-refractivity contribution in [2.45, 2.75) is 20.8 Å². The minimum Gasteiger partial charge on any atom is -0.465 e. The second-order valence-electron chi connectivity index (χ2n) is 5.52. The normalized spacial score (nSPS) is 11.1. The van der Waals surface area contributed by atoms with Crippen LogP contribution in [0.4, 0.5) is 15.8 Å². The van der Waals surface area contributed by atoms with Crippen molar-refractivity contribution >= 4 is 17.3 Å². The second-order valence-corrected chi connectivity index (χ2v) is 5.52. The van der Waals surface area contributed by atoms with Crippen molar-refractivity contribution in [3.8, 4) is 0 Å². The third-order valence-corrected chi connectivity index (χ3v) is 2.48. The van der Waals surface area contributed by atoms with Crippen molar-refractivity contribution in [3.05, 3.63) is 33.6 Å². The minimum atomic E-state index is -0.858. The summed E-state index contributed by atoms with van der Waals surface area (Å²) < 4.78 is 18.4. The Morgan fingerprint density at radius 1 is 1.45 bits per heavy atom. The molecular formula is C13H17FN2O4. The van der Waals surface area contributed by atoms with Crippen molar-refractivity contribution in [3.63, 3.8) is 0 Å². The molecule has 0 amide bonds. The first-order valence-electron chi connectivity index (χ1n) is 5.96. The van der Waals surface area contributed by atoms with E-state index < -0.39 is 22.4 Å². The van der Waals surface area contributed by atoms with Crippen LogP contribution in [-0.4, -0.2) is 24.5 Å². The number of carbonyl (C=O) groups excluding carboxylic acids is 1. The quantitative estimate of drug-likeness (QED) is 0.522. The van der Waals surface area contributed by atoms with Crippen molar-refractivity contribution in [2.75, 3.05) is 19.0 Å². The maximum absolute atomic E-state index is 14.0. The zero-order chi connectivity index (χ0) is 15.5. The van der Waals surface area contributed by atoms with Crippen LogP contribution in [-0.2, 0) is 4.74 Å². The van der Waals surface area contributed by atoms with Crippen LogP contribution >= 0.6 is 0 Å². The van der Waals surface area contributed by atoms with E-state index in [1.54, 1.807) is 0 Å². The molecule has 0 aliphatic rings. The third-order valence-electron chi connectivity index (χ3n) is 2.48. The number of ether oxygens (including phenoxy) is 1. The fraction of sp³-hybridized carbons (Fsp3) is 0.462. The fourth-order valence-electron chi connectivity index (χ4n) is 1.50. The Balaban J connectivity index is 3.23. The van der Waals surface area contributed by atoms with Gasteiger partial charge in [-0.15, -0.1) is 0 Å². The molecule has 0 spiro atoms. The summed E-state index contributed by atoms with van der Waals surface area (Å²) in [4.78, 5) is 21.6. The van der Waals surface area contributed by atoms with Crippen molar-refractivity contribution in [2.24, 2.45) is 5.41 Å². The fourth-order valence-corrected chi connectivity index (χ4v) is 1.50. The maximum atomic E-state index is 14.0. The SMILES string of the molecule is COC(=O)c1cc(F)c(NCC(C)(C)C)c([N+](=O)[O-])c1. The molecule has 1 rings (SSSR count). The van der Waals surface area contributed by atoms with Crippen LogP contribution in [0, 0.1) is 21.3 Å². The van der Waals surface area contributed by atoms with E-state index in [1.807, 2.05) is 20.8 Å². The first kappa shape index (κ1) is 15.9. The highest BCUT2D eigenvalue weighted by molar-refractivity contribution is 5.91. The molecule has 1 aromatic rings. The summed E-state index contributed by atoms with van der Waals surface area (Å²) in [5.74, 6) is -1.68. The Morgan fingerprint density at radius 3 is 2.50 bits per heavy atom. The summed E-state index contributed by atoms with van der Waals surface area (Å²) in [5, 5.41) is 13.7. The molecule has 1 aromatic carbocycles. The number of esters is 1. The molecule has 1 N–H and O–H groups in total. The van der Waals surface area contributed by atoms with E-state index in [2.05, 4.69) is 10.1 Å². The van der Waals surface area contributed by atoms with E-state index in [-0.39, 0.29) is 16.7 Å². The number of methoxy groups -OCH3 is 1. The van der Waals surface area contributed by atoms with Gasteiger partial charge >= 0.3 is 5.97 Å². The summed E-state index contributed by atoms with van der Waals surface area (Å²) in [6.45, 7) is 6.08. The lowest BCUT2D eigenvalue weighted by Gasteiger charge is -2.20. The molecule has 0 bridgehead atoms. The van der Waals surface area contributed by atoms with Crippen LogP contribution in [0.3, 0.4) is 0 Å². The summed E-state index contributed by atoms with van der Waals surface area (Å²) in [7, 11) is 1.12. The summed E-state index contributed by atoms with van der Waals surface area (Å²) in [6.07, 6.45) is 0. The van der Waals surface area contributed by atoms with E-state index in [0.717, 1.165) is 19.2 Å². The van der Waals surface area contributed by atoms with Crippen LogP contribution < -0.4 is 5.32 Å². The Bertz CT molecular complexity index is 538. The van der Waals surface area contributed by atoms with E-state index >= 15 is 0 Å².